The first-order chi connectivity index (χ1) is 17.4. The smallest absolute Gasteiger partial charge is 0.295 e. The molecule has 7 heteroatoms. The number of aliphatic hydroxyl groups is 1. The summed E-state index contributed by atoms with van der Waals surface area (Å²) >= 11 is 0. The van der Waals surface area contributed by atoms with Gasteiger partial charge in [0, 0.05) is 18.7 Å². The molecule has 0 bridgehead atoms. The Morgan fingerprint density at radius 1 is 0.944 bits per heavy atom. The molecule has 194 valence electrons. The van der Waals surface area contributed by atoms with Crippen molar-refractivity contribution in [3.05, 3.63) is 65.2 Å². The number of rotatable bonds is 13. The van der Waals surface area contributed by atoms with Crippen molar-refractivity contribution in [2.45, 2.75) is 45.6 Å². The first kappa shape index (κ1) is 27.3. The number of nitrogens with zero attached hydrogens (tertiary/aromatic N) is 2. The summed E-state index contributed by atoms with van der Waals surface area (Å²) in [5, 5.41) is 11.3. The van der Waals surface area contributed by atoms with E-state index < -0.39 is 17.7 Å². The number of hydrogen-bond donors (Lipinski definition) is 1. The van der Waals surface area contributed by atoms with Crippen molar-refractivity contribution in [1.29, 1.82) is 0 Å². The summed E-state index contributed by atoms with van der Waals surface area (Å²) in [6.07, 6.45) is 4.08. The number of Topliss-reactive ketones (excluding diaryl/α,β-unsaturated/α-hetero) is 1. The normalized spacial score (nSPS) is 17.1. The highest BCUT2D eigenvalue weighted by atomic mass is 16.5. The first-order valence-electron chi connectivity index (χ1n) is 12.8. The number of unbranched alkanes of at least 4 members (excludes halogenated alkanes) is 2. The van der Waals surface area contributed by atoms with E-state index in [1.165, 1.54) is 0 Å². The van der Waals surface area contributed by atoms with Gasteiger partial charge in [-0.25, -0.2) is 0 Å². The molecule has 0 aliphatic carbocycles. The van der Waals surface area contributed by atoms with Crippen molar-refractivity contribution in [2.75, 3.05) is 40.4 Å². The van der Waals surface area contributed by atoms with Gasteiger partial charge in [-0.1, -0.05) is 51.0 Å². The summed E-state index contributed by atoms with van der Waals surface area (Å²) in [5.74, 6) is -0.157. The number of carbonyl (C=O) groups excluding carboxylic acids is 2. The van der Waals surface area contributed by atoms with Gasteiger partial charge in [0.15, 0.2) is 0 Å². The second-order valence-corrected chi connectivity index (χ2v) is 9.30. The molecule has 1 heterocycles. The van der Waals surface area contributed by atoms with Crippen LogP contribution in [-0.2, 0) is 9.59 Å². The Hall–Kier alpha value is -3.32. The van der Waals surface area contributed by atoms with Crippen LogP contribution in [0.2, 0.25) is 0 Å². The zero-order valence-corrected chi connectivity index (χ0v) is 21.8. The van der Waals surface area contributed by atoms with E-state index in [0.29, 0.717) is 37.6 Å². The minimum absolute atomic E-state index is 0.0861. The molecule has 1 saturated heterocycles. The van der Waals surface area contributed by atoms with E-state index in [1.54, 1.807) is 29.2 Å². The summed E-state index contributed by atoms with van der Waals surface area (Å²) in [4.78, 5) is 29.8. The van der Waals surface area contributed by atoms with Gasteiger partial charge in [-0.2, -0.15) is 0 Å². The van der Waals surface area contributed by atoms with Crippen LogP contribution >= 0.6 is 0 Å². The SMILES string of the molecule is CCCCCOc1ccc(C2C(=C(O)c3cccc(OCCC)c3)C(=O)C(=O)N2CCN(C)C)cc1. The highest BCUT2D eigenvalue weighted by Crippen LogP contribution is 2.40. The molecule has 3 rings (SSSR count). The minimum Gasteiger partial charge on any atom is -0.507 e. The number of carbonyl (C=O) groups is 2. The summed E-state index contributed by atoms with van der Waals surface area (Å²) in [6.45, 7) is 6.30. The van der Waals surface area contributed by atoms with Crippen molar-refractivity contribution in [2.24, 2.45) is 0 Å². The topological polar surface area (TPSA) is 79.3 Å². The predicted octanol–water partition coefficient (Wildman–Crippen LogP) is 5.03. The number of amides is 1. The molecule has 36 heavy (non-hydrogen) atoms. The molecule has 2 aromatic rings. The molecule has 1 aliphatic rings. The average Bonchev–Trinajstić information content (AvgIpc) is 3.13. The van der Waals surface area contributed by atoms with E-state index in [0.717, 1.165) is 37.0 Å². The van der Waals surface area contributed by atoms with Gasteiger partial charge < -0.3 is 24.4 Å². The molecule has 2 aromatic carbocycles. The number of likely N-dealkylation sites (tertiary alicyclic amines) is 1. The van der Waals surface area contributed by atoms with Crippen LogP contribution in [0.1, 0.15) is 56.7 Å². The van der Waals surface area contributed by atoms with Crippen molar-refractivity contribution in [1.82, 2.24) is 9.80 Å². The number of likely N-dealkylation sites (N-methyl/N-ethyl adjacent to an activating group) is 1. The zero-order valence-electron chi connectivity index (χ0n) is 21.8. The van der Waals surface area contributed by atoms with E-state index in [-0.39, 0.29) is 11.3 Å². The van der Waals surface area contributed by atoms with Gasteiger partial charge in [0.05, 0.1) is 24.8 Å². The van der Waals surface area contributed by atoms with Crippen molar-refractivity contribution in [3.8, 4) is 11.5 Å². The minimum atomic E-state index is -0.695. The highest BCUT2D eigenvalue weighted by Gasteiger charge is 2.45. The molecule has 7 nitrogen and oxygen atoms in total. The standard InChI is InChI=1S/C29H38N2O5/c1-5-7-8-19-36-23-14-12-21(13-15-23)26-25(28(33)29(34)31(26)17-16-30(3)4)27(32)22-10-9-11-24(20-22)35-18-6-2/h9-15,20,26,32H,5-8,16-19H2,1-4H3. The monoisotopic (exact) mass is 494 g/mol. The van der Waals surface area contributed by atoms with E-state index in [9.17, 15) is 14.7 Å². The van der Waals surface area contributed by atoms with E-state index >= 15 is 0 Å². The van der Waals surface area contributed by atoms with Crippen LogP contribution in [0.4, 0.5) is 0 Å². The molecule has 0 radical (unpaired) electrons. The Morgan fingerprint density at radius 2 is 1.67 bits per heavy atom. The average molecular weight is 495 g/mol. The molecule has 0 aromatic heterocycles. The molecule has 1 N–H and O–H groups in total. The lowest BCUT2D eigenvalue weighted by Gasteiger charge is -2.26. The third kappa shape index (κ3) is 6.66. The Balaban J connectivity index is 1.98. The maximum Gasteiger partial charge on any atom is 0.295 e. The van der Waals surface area contributed by atoms with E-state index in [1.807, 2.05) is 50.2 Å². The largest absolute Gasteiger partial charge is 0.507 e. The van der Waals surface area contributed by atoms with Gasteiger partial charge in [0.1, 0.15) is 17.3 Å². The first-order valence-corrected chi connectivity index (χ1v) is 12.8. The summed E-state index contributed by atoms with van der Waals surface area (Å²) < 4.78 is 11.5. The van der Waals surface area contributed by atoms with Gasteiger partial charge in [-0.15, -0.1) is 0 Å². The zero-order chi connectivity index (χ0) is 26.1. The number of ketones is 1. The number of benzene rings is 2. The van der Waals surface area contributed by atoms with Crippen LogP contribution in [0.3, 0.4) is 0 Å². The number of ether oxygens (including phenoxy) is 2. The van der Waals surface area contributed by atoms with Crippen LogP contribution in [0, 0.1) is 0 Å². The molecular weight excluding hydrogens is 456 g/mol. The lowest BCUT2D eigenvalue weighted by atomic mass is 9.95. The van der Waals surface area contributed by atoms with Gasteiger partial charge in [-0.05, 0) is 56.8 Å². The van der Waals surface area contributed by atoms with E-state index in [4.69, 9.17) is 9.47 Å². The number of aliphatic hydroxyl groups excluding tert-OH is 1. The van der Waals surface area contributed by atoms with Gasteiger partial charge in [-0.3, -0.25) is 9.59 Å². The van der Waals surface area contributed by atoms with Gasteiger partial charge in [0.25, 0.3) is 11.7 Å². The Kier molecular flexibility index (Phi) is 9.94. The van der Waals surface area contributed by atoms with E-state index in [2.05, 4.69) is 6.92 Å². The lowest BCUT2D eigenvalue weighted by molar-refractivity contribution is -0.140. The maximum atomic E-state index is 13.2. The molecule has 1 atom stereocenters. The molecule has 1 unspecified atom stereocenters. The molecular formula is C29H38N2O5. The van der Waals surface area contributed by atoms with Crippen molar-refractivity contribution in [3.63, 3.8) is 0 Å². The van der Waals surface area contributed by atoms with Crippen molar-refractivity contribution >= 4 is 17.4 Å². The van der Waals surface area contributed by atoms with Gasteiger partial charge in [0.2, 0.25) is 0 Å². The molecule has 1 amide bonds. The fourth-order valence-corrected chi connectivity index (χ4v) is 4.16. The van der Waals surface area contributed by atoms with Crippen molar-refractivity contribution < 1.29 is 24.2 Å². The third-order valence-electron chi connectivity index (χ3n) is 6.12. The molecule has 1 aliphatic heterocycles. The molecule has 1 fully saturated rings. The quantitative estimate of drug-likeness (QED) is 0.182. The Bertz CT molecular complexity index is 1060. The Morgan fingerprint density at radius 3 is 2.33 bits per heavy atom. The summed E-state index contributed by atoms with van der Waals surface area (Å²) in [6, 6.07) is 13.7. The fraction of sp³-hybridized carbons (Fsp3) is 0.448. The fourth-order valence-electron chi connectivity index (χ4n) is 4.16. The summed E-state index contributed by atoms with van der Waals surface area (Å²) in [7, 11) is 3.83. The highest BCUT2D eigenvalue weighted by molar-refractivity contribution is 6.46. The van der Waals surface area contributed by atoms with Crippen LogP contribution in [0.5, 0.6) is 11.5 Å². The van der Waals surface area contributed by atoms with Crippen LogP contribution < -0.4 is 9.47 Å². The second kappa shape index (κ2) is 13.1. The van der Waals surface area contributed by atoms with Crippen LogP contribution in [-0.4, -0.2) is 67.0 Å². The second-order valence-electron chi connectivity index (χ2n) is 9.30. The maximum absolute atomic E-state index is 13.2. The summed E-state index contributed by atoms with van der Waals surface area (Å²) in [5.41, 5.74) is 1.27. The lowest BCUT2D eigenvalue weighted by Crippen LogP contribution is -2.35. The third-order valence-corrected chi connectivity index (χ3v) is 6.12. The number of hydrogen-bond acceptors (Lipinski definition) is 6. The van der Waals surface area contributed by atoms with Gasteiger partial charge >= 0.3 is 0 Å². The van der Waals surface area contributed by atoms with Crippen LogP contribution in [0.25, 0.3) is 5.76 Å². The Labute approximate surface area is 214 Å². The van der Waals surface area contributed by atoms with Crippen LogP contribution in [0.15, 0.2) is 54.1 Å². The predicted molar refractivity (Wildman–Crippen MR) is 141 cm³/mol. The molecule has 0 saturated carbocycles. The molecule has 0 spiro atoms.